The molecule has 29 heavy (non-hydrogen) atoms. The van der Waals surface area contributed by atoms with Crippen LogP contribution in [0.15, 0.2) is 78.9 Å². The van der Waals surface area contributed by atoms with Crippen molar-refractivity contribution in [3.05, 3.63) is 101 Å². The fourth-order valence-corrected chi connectivity index (χ4v) is 3.37. The molecule has 0 spiro atoms. The van der Waals surface area contributed by atoms with Gasteiger partial charge in [-0.1, -0.05) is 36.4 Å². The highest BCUT2D eigenvalue weighted by Gasteiger charge is 2.35. The van der Waals surface area contributed by atoms with E-state index in [9.17, 15) is 18.8 Å². The molecule has 0 unspecified atom stereocenters. The third kappa shape index (κ3) is 3.52. The first-order valence-corrected chi connectivity index (χ1v) is 9.14. The van der Waals surface area contributed by atoms with Crippen LogP contribution in [0.1, 0.15) is 31.1 Å². The molecule has 4 rings (SSSR count). The van der Waals surface area contributed by atoms with E-state index < -0.39 is 17.6 Å². The summed E-state index contributed by atoms with van der Waals surface area (Å²) >= 11 is 0. The van der Waals surface area contributed by atoms with Crippen LogP contribution in [0.25, 0.3) is 0 Å². The molecule has 0 bridgehead atoms. The Bertz CT molecular complexity index is 1060. The predicted molar refractivity (Wildman–Crippen MR) is 106 cm³/mol. The highest BCUT2D eigenvalue weighted by Crippen LogP contribution is 2.24. The standard InChI is InChI=1S/C23H17FN2O3/c24-17-9-6-10-18(15-17)25(21(27)16-7-2-1-3-8-16)13-14-26-22(28)19-11-4-5-12-20(19)23(26)29/h1-12,15H,13-14H2. The molecule has 5 nitrogen and oxygen atoms in total. The van der Waals surface area contributed by atoms with Crippen LogP contribution in [0.5, 0.6) is 0 Å². The number of benzene rings is 3. The van der Waals surface area contributed by atoms with E-state index in [-0.39, 0.29) is 19.0 Å². The zero-order valence-electron chi connectivity index (χ0n) is 15.4. The van der Waals surface area contributed by atoms with Gasteiger partial charge >= 0.3 is 0 Å². The van der Waals surface area contributed by atoms with Gasteiger partial charge in [-0.25, -0.2) is 4.39 Å². The first-order chi connectivity index (χ1) is 14.1. The first kappa shape index (κ1) is 18.6. The molecular formula is C23H17FN2O3. The van der Waals surface area contributed by atoms with E-state index in [1.165, 1.54) is 23.1 Å². The highest BCUT2D eigenvalue weighted by molar-refractivity contribution is 6.21. The van der Waals surface area contributed by atoms with Crippen LogP contribution in [0, 0.1) is 5.82 Å². The lowest BCUT2D eigenvalue weighted by Crippen LogP contribution is -2.41. The van der Waals surface area contributed by atoms with Crippen molar-refractivity contribution < 1.29 is 18.8 Å². The SMILES string of the molecule is O=C1c2ccccc2C(=O)N1CCN(C(=O)c1ccccc1)c1cccc(F)c1. The van der Waals surface area contributed by atoms with Crippen molar-refractivity contribution in [2.24, 2.45) is 0 Å². The molecule has 3 aromatic carbocycles. The summed E-state index contributed by atoms with van der Waals surface area (Å²) in [5.41, 5.74) is 1.49. The number of hydrogen-bond donors (Lipinski definition) is 0. The lowest BCUT2D eigenvalue weighted by Gasteiger charge is -2.25. The van der Waals surface area contributed by atoms with Crippen LogP contribution in [-0.4, -0.2) is 35.7 Å². The van der Waals surface area contributed by atoms with Gasteiger partial charge in [-0.3, -0.25) is 19.3 Å². The first-order valence-electron chi connectivity index (χ1n) is 9.14. The van der Waals surface area contributed by atoms with Crippen molar-refractivity contribution in [3.63, 3.8) is 0 Å². The predicted octanol–water partition coefficient (Wildman–Crippen LogP) is 3.77. The average molecular weight is 388 g/mol. The second-order valence-electron chi connectivity index (χ2n) is 6.61. The number of hydrogen-bond acceptors (Lipinski definition) is 3. The Labute approximate surface area is 167 Å². The quantitative estimate of drug-likeness (QED) is 0.625. The summed E-state index contributed by atoms with van der Waals surface area (Å²) in [5.74, 6) is -1.60. The van der Waals surface area contributed by atoms with Crippen molar-refractivity contribution in [1.82, 2.24) is 4.90 Å². The van der Waals surface area contributed by atoms with E-state index in [0.29, 0.717) is 22.4 Å². The molecule has 0 radical (unpaired) electrons. The number of nitrogens with zero attached hydrogens (tertiary/aromatic N) is 2. The molecular weight excluding hydrogens is 371 g/mol. The van der Waals surface area contributed by atoms with Gasteiger partial charge in [0.1, 0.15) is 5.82 Å². The van der Waals surface area contributed by atoms with Crippen molar-refractivity contribution in [2.45, 2.75) is 0 Å². The molecule has 6 heteroatoms. The van der Waals surface area contributed by atoms with E-state index in [2.05, 4.69) is 0 Å². The summed E-state index contributed by atoms with van der Waals surface area (Å²) in [7, 11) is 0. The molecule has 0 saturated carbocycles. The van der Waals surface area contributed by atoms with E-state index in [4.69, 9.17) is 0 Å². The van der Waals surface area contributed by atoms with Crippen LogP contribution in [-0.2, 0) is 0 Å². The number of imide groups is 1. The van der Waals surface area contributed by atoms with E-state index in [1.807, 2.05) is 0 Å². The Hall–Kier alpha value is -3.80. The third-order valence-electron chi connectivity index (χ3n) is 4.81. The van der Waals surface area contributed by atoms with Crippen LogP contribution in [0.2, 0.25) is 0 Å². The molecule has 3 aromatic rings. The molecule has 0 atom stereocenters. The summed E-state index contributed by atoms with van der Waals surface area (Å²) in [6.07, 6.45) is 0. The molecule has 0 aliphatic carbocycles. The Kier molecular flexibility index (Phi) is 4.91. The van der Waals surface area contributed by atoms with Crippen molar-refractivity contribution in [1.29, 1.82) is 0 Å². The Morgan fingerprint density at radius 2 is 1.45 bits per heavy atom. The third-order valence-corrected chi connectivity index (χ3v) is 4.81. The van der Waals surface area contributed by atoms with Crippen LogP contribution in [0.4, 0.5) is 10.1 Å². The topological polar surface area (TPSA) is 57.7 Å². The molecule has 0 N–H and O–H groups in total. The number of halogens is 1. The van der Waals surface area contributed by atoms with Gasteiger partial charge in [0.15, 0.2) is 0 Å². The van der Waals surface area contributed by atoms with Crippen molar-refractivity contribution in [3.8, 4) is 0 Å². The summed E-state index contributed by atoms with van der Waals surface area (Å²) < 4.78 is 13.8. The number of carbonyl (C=O) groups excluding carboxylic acids is 3. The lowest BCUT2D eigenvalue weighted by molar-refractivity contribution is 0.0654. The maximum atomic E-state index is 13.8. The van der Waals surface area contributed by atoms with Crippen LogP contribution < -0.4 is 4.90 Å². The lowest BCUT2D eigenvalue weighted by atomic mass is 10.1. The number of carbonyl (C=O) groups is 3. The van der Waals surface area contributed by atoms with Gasteiger partial charge in [0, 0.05) is 24.3 Å². The van der Waals surface area contributed by atoms with Gasteiger partial charge in [0.25, 0.3) is 17.7 Å². The molecule has 0 saturated heterocycles. The largest absolute Gasteiger partial charge is 0.306 e. The molecule has 144 valence electrons. The smallest absolute Gasteiger partial charge is 0.261 e. The minimum atomic E-state index is -0.478. The van der Waals surface area contributed by atoms with E-state index >= 15 is 0 Å². The fourth-order valence-electron chi connectivity index (χ4n) is 3.37. The van der Waals surface area contributed by atoms with Gasteiger partial charge < -0.3 is 4.90 Å². The van der Waals surface area contributed by atoms with Crippen LogP contribution >= 0.6 is 0 Å². The number of fused-ring (bicyclic) bond motifs is 1. The normalized spacial score (nSPS) is 12.8. The van der Waals surface area contributed by atoms with E-state index in [0.717, 1.165) is 4.90 Å². The minimum absolute atomic E-state index is 0.00142. The Morgan fingerprint density at radius 1 is 0.828 bits per heavy atom. The summed E-state index contributed by atoms with van der Waals surface area (Å²) in [6, 6.07) is 20.9. The van der Waals surface area contributed by atoms with Crippen LogP contribution in [0.3, 0.4) is 0 Å². The fraction of sp³-hybridized carbons (Fsp3) is 0.0870. The molecule has 3 amide bonds. The second kappa shape index (κ2) is 7.67. The summed E-state index contributed by atoms with van der Waals surface area (Å²) in [5, 5.41) is 0. The zero-order valence-corrected chi connectivity index (χ0v) is 15.4. The van der Waals surface area contributed by atoms with Gasteiger partial charge in [-0.2, -0.15) is 0 Å². The van der Waals surface area contributed by atoms with Gasteiger partial charge in [-0.15, -0.1) is 0 Å². The zero-order chi connectivity index (χ0) is 20.4. The Balaban J connectivity index is 1.61. The minimum Gasteiger partial charge on any atom is -0.306 e. The number of anilines is 1. The monoisotopic (exact) mass is 388 g/mol. The second-order valence-corrected chi connectivity index (χ2v) is 6.61. The maximum Gasteiger partial charge on any atom is 0.261 e. The molecule has 1 heterocycles. The van der Waals surface area contributed by atoms with Gasteiger partial charge in [-0.05, 0) is 42.5 Å². The van der Waals surface area contributed by atoms with E-state index in [1.54, 1.807) is 60.7 Å². The van der Waals surface area contributed by atoms with Crippen molar-refractivity contribution >= 4 is 23.4 Å². The molecule has 1 aliphatic rings. The number of amides is 3. The molecule has 0 fully saturated rings. The maximum absolute atomic E-state index is 13.8. The molecule has 1 aliphatic heterocycles. The average Bonchev–Trinajstić information content (AvgIpc) is 2.99. The van der Waals surface area contributed by atoms with Gasteiger partial charge in [0.05, 0.1) is 11.1 Å². The van der Waals surface area contributed by atoms with Gasteiger partial charge in [0.2, 0.25) is 0 Å². The number of rotatable bonds is 5. The molecule has 0 aromatic heterocycles. The Morgan fingerprint density at radius 3 is 2.07 bits per heavy atom. The van der Waals surface area contributed by atoms with Crippen molar-refractivity contribution in [2.75, 3.05) is 18.0 Å². The summed E-state index contributed by atoms with van der Waals surface area (Å²) in [4.78, 5) is 40.7. The highest BCUT2D eigenvalue weighted by atomic mass is 19.1. The summed E-state index contributed by atoms with van der Waals surface area (Å²) in [6.45, 7) is 0.0457.